The van der Waals surface area contributed by atoms with Crippen molar-refractivity contribution in [1.82, 2.24) is 4.57 Å². The van der Waals surface area contributed by atoms with Crippen LogP contribution in [-0.4, -0.2) is 37.0 Å². The number of esters is 1. The third-order valence-corrected chi connectivity index (χ3v) is 6.87. The minimum atomic E-state index is -0.760. The maximum Gasteiger partial charge on any atom is 0.338 e. The van der Waals surface area contributed by atoms with Crippen LogP contribution in [0.5, 0.6) is 17.2 Å². The highest BCUT2D eigenvalue weighted by molar-refractivity contribution is 7.07. The summed E-state index contributed by atoms with van der Waals surface area (Å²) in [6.45, 7) is 7.71. The van der Waals surface area contributed by atoms with Crippen LogP contribution in [0.3, 0.4) is 0 Å². The first-order chi connectivity index (χ1) is 18.8. The van der Waals surface area contributed by atoms with Gasteiger partial charge in [0.15, 0.2) is 16.3 Å². The van der Waals surface area contributed by atoms with E-state index in [9.17, 15) is 9.59 Å². The molecule has 2 heterocycles. The lowest BCUT2D eigenvalue weighted by molar-refractivity contribution is -0.139. The molecular weight excluding hydrogens is 516 g/mol. The fraction of sp³-hybridized carbons (Fsp3) is 0.300. The van der Waals surface area contributed by atoms with Crippen molar-refractivity contribution >= 4 is 23.4 Å². The predicted molar refractivity (Wildman–Crippen MR) is 150 cm³/mol. The number of rotatable bonds is 9. The summed E-state index contributed by atoms with van der Waals surface area (Å²) in [6.07, 6.45) is 6.98. The van der Waals surface area contributed by atoms with E-state index in [-0.39, 0.29) is 24.9 Å². The van der Waals surface area contributed by atoms with Crippen molar-refractivity contribution in [2.24, 2.45) is 4.99 Å². The summed E-state index contributed by atoms with van der Waals surface area (Å²) in [5.74, 6) is 3.60. The summed E-state index contributed by atoms with van der Waals surface area (Å²) in [4.78, 5) is 32.1. The Balaban J connectivity index is 1.87. The Hall–Kier alpha value is -4.29. The van der Waals surface area contributed by atoms with Gasteiger partial charge in [0.05, 0.1) is 41.7 Å². The lowest BCUT2D eigenvalue weighted by atomic mass is 9.95. The number of ether oxygens (including phenoxy) is 4. The van der Waals surface area contributed by atoms with Crippen molar-refractivity contribution < 1.29 is 23.7 Å². The molecule has 3 aromatic rings. The molecule has 202 valence electrons. The van der Waals surface area contributed by atoms with Crippen LogP contribution in [0.15, 0.2) is 63.5 Å². The van der Waals surface area contributed by atoms with Gasteiger partial charge in [-0.2, -0.15) is 0 Å². The highest BCUT2D eigenvalue weighted by Crippen LogP contribution is 2.36. The molecule has 0 saturated heterocycles. The first-order valence-electron chi connectivity index (χ1n) is 12.5. The summed E-state index contributed by atoms with van der Waals surface area (Å²) >= 11 is 1.25. The largest absolute Gasteiger partial charge is 0.493 e. The van der Waals surface area contributed by atoms with Crippen molar-refractivity contribution in [2.75, 3.05) is 20.3 Å². The fourth-order valence-electron chi connectivity index (χ4n) is 4.25. The molecule has 1 aromatic heterocycles. The second-order valence-electron chi connectivity index (χ2n) is 8.94. The van der Waals surface area contributed by atoms with Gasteiger partial charge >= 0.3 is 5.97 Å². The Morgan fingerprint density at radius 1 is 1.21 bits per heavy atom. The molecular formula is C30H30N2O6S. The number of nitrogens with zero attached hydrogens (tertiary/aromatic N) is 2. The summed E-state index contributed by atoms with van der Waals surface area (Å²) in [5, 5.41) is 0. The Morgan fingerprint density at radius 3 is 2.59 bits per heavy atom. The standard InChI is InChI=1S/C30H30N2O6S/c1-7-15-37-22-12-9-20(10-13-22)16-25-28(33)32-27(21-11-14-23(38-18(3)4)24(17-21)35-6)26(29(34)36-8-2)19(5)31-30(32)39-25/h1,9-14,16-18,27H,8,15H2,2-6H3. The van der Waals surface area contributed by atoms with Crippen LogP contribution in [0, 0.1) is 12.3 Å². The zero-order valence-electron chi connectivity index (χ0n) is 22.5. The number of hydrogen-bond acceptors (Lipinski definition) is 8. The van der Waals surface area contributed by atoms with Gasteiger partial charge in [0.1, 0.15) is 12.4 Å². The third kappa shape index (κ3) is 5.91. The van der Waals surface area contributed by atoms with E-state index in [4.69, 9.17) is 25.4 Å². The SMILES string of the molecule is C#CCOc1ccc(C=c2sc3n(c2=O)C(c2ccc(OC(C)C)c(OC)c2)C(C(=O)OCC)=C(C)N=3)cc1. The fourth-order valence-corrected chi connectivity index (χ4v) is 5.30. The molecule has 0 spiro atoms. The number of carbonyl (C=O) groups is 1. The quantitative estimate of drug-likeness (QED) is 0.301. The first-order valence-corrected chi connectivity index (χ1v) is 13.3. The van der Waals surface area contributed by atoms with Gasteiger partial charge in [0, 0.05) is 0 Å². The minimum absolute atomic E-state index is 0.0578. The summed E-state index contributed by atoms with van der Waals surface area (Å²) in [5.41, 5.74) is 1.99. The van der Waals surface area contributed by atoms with Crippen molar-refractivity contribution in [3.8, 4) is 29.6 Å². The molecule has 1 atom stereocenters. The molecule has 1 unspecified atom stereocenters. The molecule has 9 heteroatoms. The maximum atomic E-state index is 13.8. The number of allylic oxidation sites excluding steroid dienone is 1. The van der Waals surface area contributed by atoms with Gasteiger partial charge in [-0.05, 0) is 69.2 Å². The first kappa shape index (κ1) is 27.7. The van der Waals surface area contributed by atoms with E-state index in [0.29, 0.717) is 43.4 Å². The lowest BCUT2D eigenvalue weighted by Crippen LogP contribution is -2.40. The van der Waals surface area contributed by atoms with Crippen molar-refractivity contribution in [2.45, 2.75) is 39.8 Å². The van der Waals surface area contributed by atoms with Crippen molar-refractivity contribution in [3.05, 3.63) is 84.5 Å². The van der Waals surface area contributed by atoms with Crippen molar-refractivity contribution in [3.63, 3.8) is 0 Å². The molecule has 1 aliphatic heterocycles. The number of carbonyl (C=O) groups excluding carboxylic acids is 1. The van der Waals surface area contributed by atoms with Gasteiger partial charge in [0.25, 0.3) is 5.56 Å². The van der Waals surface area contributed by atoms with Crippen LogP contribution in [0.2, 0.25) is 0 Å². The van der Waals surface area contributed by atoms with Crippen LogP contribution in [0.1, 0.15) is 44.9 Å². The number of hydrogen-bond donors (Lipinski definition) is 0. The monoisotopic (exact) mass is 546 g/mol. The average Bonchev–Trinajstić information content (AvgIpc) is 3.21. The normalized spacial score (nSPS) is 14.9. The predicted octanol–water partition coefficient (Wildman–Crippen LogP) is 3.61. The molecule has 0 N–H and O–H groups in total. The number of benzene rings is 2. The number of terminal acetylenes is 1. The van der Waals surface area contributed by atoms with Crippen molar-refractivity contribution in [1.29, 1.82) is 0 Å². The van der Waals surface area contributed by atoms with Gasteiger partial charge in [-0.25, -0.2) is 9.79 Å². The second kappa shape index (κ2) is 12.0. The van der Waals surface area contributed by atoms with E-state index in [1.54, 1.807) is 51.3 Å². The molecule has 2 aromatic carbocycles. The molecule has 1 aliphatic rings. The van der Waals surface area contributed by atoms with Crippen LogP contribution in [0.4, 0.5) is 0 Å². The molecule has 0 saturated carbocycles. The lowest BCUT2D eigenvalue weighted by Gasteiger charge is -2.25. The third-order valence-electron chi connectivity index (χ3n) is 5.88. The zero-order chi connectivity index (χ0) is 28.1. The van der Waals surface area contributed by atoms with E-state index in [1.165, 1.54) is 15.9 Å². The van der Waals surface area contributed by atoms with Gasteiger partial charge < -0.3 is 18.9 Å². The molecule has 0 aliphatic carbocycles. The van der Waals surface area contributed by atoms with Gasteiger partial charge in [-0.1, -0.05) is 35.5 Å². The molecule has 0 fully saturated rings. The number of thiazole rings is 1. The number of methoxy groups -OCH3 is 1. The summed E-state index contributed by atoms with van der Waals surface area (Å²) < 4.78 is 24.3. The molecule has 0 bridgehead atoms. The molecule has 8 nitrogen and oxygen atoms in total. The molecule has 0 radical (unpaired) electrons. The van der Waals surface area contributed by atoms with E-state index in [1.807, 2.05) is 32.0 Å². The Bertz CT molecular complexity index is 1620. The Kier molecular flexibility index (Phi) is 8.57. The van der Waals surface area contributed by atoms with E-state index in [2.05, 4.69) is 10.9 Å². The maximum absolute atomic E-state index is 13.8. The Labute approximate surface area is 230 Å². The summed E-state index contributed by atoms with van der Waals surface area (Å²) in [6, 6.07) is 11.9. The average molecular weight is 547 g/mol. The highest BCUT2D eigenvalue weighted by atomic mass is 32.1. The minimum Gasteiger partial charge on any atom is -0.493 e. The highest BCUT2D eigenvalue weighted by Gasteiger charge is 2.34. The Morgan fingerprint density at radius 2 is 1.95 bits per heavy atom. The van der Waals surface area contributed by atoms with Gasteiger partial charge in [-0.15, -0.1) is 6.42 Å². The number of fused-ring (bicyclic) bond motifs is 1. The molecule has 0 amide bonds. The van der Waals surface area contributed by atoms with Gasteiger partial charge in [-0.3, -0.25) is 9.36 Å². The summed E-state index contributed by atoms with van der Waals surface area (Å²) in [7, 11) is 1.55. The molecule has 4 rings (SSSR count). The van der Waals surface area contributed by atoms with Crippen LogP contribution in [-0.2, 0) is 9.53 Å². The topological polar surface area (TPSA) is 88.3 Å². The molecule has 39 heavy (non-hydrogen) atoms. The van der Waals surface area contributed by atoms with E-state index in [0.717, 1.165) is 5.56 Å². The smallest absolute Gasteiger partial charge is 0.338 e. The van der Waals surface area contributed by atoms with Crippen LogP contribution >= 0.6 is 11.3 Å². The van der Waals surface area contributed by atoms with E-state index < -0.39 is 12.0 Å². The van der Waals surface area contributed by atoms with Crippen LogP contribution in [0.25, 0.3) is 6.08 Å². The number of aromatic nitrogens is 1. The van der Waals surface area contributed by atoms with E-state index >= 15 is 0 Å². The second-order valence-corrected chi connectivity index (χ2v) is 9.95. The van der Waals surface area contributed by atoms with Gasteiger partial charge in [0.2, 0.25) is 0 Å². The van der Waals surface area contributed by atoms with Crippen LogP contribution < -0.4 is 29.1 Å². The zero-order valence-corrected chi connectivity index (χ0v) is 23.3.